The van der Waals surface area contributed by atoms with Gasteiger partial charge in [-0.3, -0.25) is 9.59 Å². The van der Waals surface area contributed by atoms with E-state index < -0.39 is 29.5 Å². The molecule has 9 heteroatoms. The Morgan fingerprint density at radius 1 is 1.19 bits per heavy atom. The summed E-state index contributed by atoms with van der Waals surface area (Å²) in [5.74, 6) is -2.20. The van der Waals surface area contributed by atoms with Crippen LogP contribution in [0.5, 0.6) is 5.75 Å². The van der Waals surface area contributed by atoms with Gasteiger partial charge < -0.3 is 24.9 Å². The summed E-state index contributed by atoms with van der Waals surface area (Å²) >= 11 is 0. The van der Waals surface area contributed by atoms with E-state index in [-0.39, 0.29) is 19.1 Å². The van der Waals surface area contributed by atoms with Crippen LogP contribution in [-0.2, 0) is 20.8 Å². The molecule has 0 saturated heterocycles. The first kappa shape index (κ1) is 24.9. The number of ether oxygens (including phenoxy) is 1. The first-order chi connectivity index (χ1) is 15.1. The van der Waals surface area contributed by atoms with Crippen LogP contribution < -0.4 is 21.0 Å². The number of carbonyl (C=O) groups is 3. The molecule has 9 nitrogen and oxygen atoms in total. The van der Waals surface area contributed by atoms with Gasteiger partial charge in [-0.05, 0) is 43.4 Å². The van der Waals surface area contributed by atoms with Crippen LogP contribution in [-0.4, -0.2) is 42.1 Å². The summed E-state index contributed by atoms with van der Waals surface area (Å²) in [5.41, 5.74) is 1.50. The number of hydrogen-bond acceptors (Lipinski definition) is 6. The zero-order chi connectivity index (χ0) is 23.8. The number of unbranched alkanes of at least 4 members (excludes halogenated alkanes) is 1. The summed E-state index contributed by atoms with van der Waals surface area (Å²) in [7, 11) is 0. The van der Waals surface area contributed by atoms with Crippen LogP contribution in [0.15, 0.2) is 27.4 Å². The standard InChI is InChI=1S/C23H30N2O7/c1-5-6-7-15-10-20(28)32-22-14(4)17(9-8-16(15)22)31-12-19(27)24-11-18(26)25-21(13(2)3)23(29)30/h8-10,13,21H,5-7,11-12H2,1-4H3,(H,24,27)(H,25,26)(H,29,30). The number of aliphatic carboxylic acids is 1. The molecule has 0 spiro atoms. The highest BCUT2D eigenvalue weighted by Crippen LogP contribution is 2.29. The number of benzene rings is 1. The molecule has 0 aliphatic heterocycles. The number of carboxylic acids is 1. The lowest BCUT2D eigenvalue weighted by Crippen LogP contribution is -2.48. The molecule has 174 valence electrons. The molecular formula is C23H30N2O7. The van der Waals surface area contributed by atoms with Crippen molar-refractivity contribution in [3.8, 4) is 5.75 Å². The van der Waals surface area contributed by atoms with E-state index >= 15 is 0 Å². The highest BCUT2D eigenvalue weighted by atomic mass is 16.5. The van der Waals surface area contributed by atoms with Crippen LogP contribution in [0.2, 0.25) is 0 Å². The number of amides is 2. The Kier molecular flexibility index (Phi) is 8.80. The Labute approximate surface area is 186 Å². The molecule has 0 saturated carbocycles. The number of aryl methyl sites for hydroxylation is 2. The Balaban J connectivity index is 2.00. The third-order valence-electron chi connectivity index (χ3n) is 5.05. The van der Waals surface area contributed by atoms with E-state index in [9.17, 15) is 19.2 Å². The van der Waals surface area contributed by atoms with Gasteiger partial charge in [-0.25, -0.2) is 9.59 Å². The fraction of sp³-hybridized carbons (Fsp3) is 0.478. The van der Waals surface area contributed by atoms with Crippen LogP contribution >= 0.6 is 0 Å². The van der Waals surface area contributed by atoms with Crippen LogP contribution in [0, 0.1) is 12.8 Å². The Bertz CT molecular complexity index is 1040. The molecule has 0 fully saturated rings. The van der Waals surface area contributed by atoms with Crippen LogP contribution in [0.3, 0.4) is 0 Å². The number of hydrogen-bond donors (Lipinski definition) is 3. The predicted octanol–water partition coefficient (Wildman–Crippen LogP) is 2.16. The maximum Gasteiger partial charge on any atom is 0.336 e. The number of rotatable bonds is 11. The lowest BCUT2D eigenvalue weighted by atomic mass is 10.0. The van der Waals surface area contributed by atoms with E-state index in [1.54, 1.807) is 32.9 Å². The normalized spacial score (nSPS) is 11.9. The van der Waals surface area contributed by atoms with E-state index in [0.717, 1.165) is 30.2 Å². The monoisotopic (exact) mass is 446 g/mol. The maximum atomic E-state index is 12.1. The van der Waals surface area contributed by atoms with Gasteiger partial charge in [0.15, 0.2) is 6.61 Å². The highest BCUT2D eigenvalue weighted by molar-refractivity contribution is 5.88. The van der Waals surface area contributed by atoms with Gasteiger partial charge in [0.25, 0.3) is 5.91 Å². The Morgan fingerprint density at radius 3 is 2.53 bits per heavy atom. The number of nitrogens with one attached hydrogen (secondary N) is 2. The molecule has 0 bridgehead atoms. The molecule has 0 aliphatic rings. The van der Waals surface area contributed by atoms with Gasteiger partial charge in [0.1, 0.15) is 17.4 Å². The fourth-order valence-corrected chi connectivity index (χ4v) is 3.25. The van der Waals surface area contributed by atoms with Gasteiger partial charge in [-0.15, -0.1) is 0 Å². The van der Waals surface area contributed by atoms with E-state index in [1.165, 1.54) is 6.07 Å². The van der Waals surface area contributed by atoms with Crippen molar-refractivity contribution < 1.29 is 28.6 Å². The van der Waals surface area contributed by atoms with E-state index in [4.69, 9.17) is 14.3 Å². The topological polar surface area (TPSA) is 135 Å². The third kappa shape index (κ3) is 6.57. The minimum Gasteiger partial charge on any atom is -0.483 e. The van der Waals surface area contributed by atoms with Crippen molar-refractivity contribution in [2.75, 3.05) is 13.2 Å². The van der Waals surface area contributed by atoms with Gasteiger partial charge in [0.2, 0.25) is 5.91 Å². The molecular weight excluding hydrogens is 416 g/mol. The fourth-order valence-electron chi connectivity index (χ4n) is 3.25. The molecule has 0 aliphatic carbocycles. The summed E-state index contributed by atoms with van der Waals surface area (Å²) < 4.78 is 10.9. The molecule has 2 aromatic rings. The largest absolute Gasteiger partial charge is 0.483 e. The predicted molar refractivity (Wildman–Crippen MR) is 119 cm³/mol. The zero-order valence-corrected chi connectivity index (χ0v) is 18.8. The molecule has 1 atom stereocenters. The zero-order valence-electron chi connectivity index (χ0n) is 18.8. The molecule has 32 heavy (non-hydrogen) atoms. The lowest BCUT2D eigenvalue weighted by molar-refractivity contribution is -0.143. The van der Waals surface area contributed by atoms with Gasteiger partial charge in [-0.2, -0.15) is 0 Å². The van der Waals surface area contributed by atoms with Gasteiger partial charge >= 0.3 is 11.6 Å². The third-order valence-corrected chi connectivity index (χ3v) is 5.05. The summed E-state index contributed by atoms with van der Waals surface area (Å²) in [4.78, 5) is 47.1. The average molecular weight is 447 g/mol. The van der Waals surface area contributed by atoms with Crippen molar-refractivity contribution in [1.82, 2.24) is 10.6 Å². The number of carboxylic acid groups (broad SMARTS) is 1. The van der Waals surface area contributed by atoms with Crippen molar-refractivity contribution in [2.24, 2.45) is 5.92 Å². The highest BCUT2D eigenvalue weighted by Gasteiger charge is 2.23. The van der Waals surface area contributed by atoms with Crippen molar-refractivity contribution in [3.63, 3.8) is 0 Å². The Hall–Kier alpha value is -3.36. The quantitative estimate of drug-likeness (QED) is 0.450. The van der Waals surface area contributed by atoms with Gasteiger partial charge in [-0.1, -0.05) is 27.2 Å². The summed E-state index contributed by atoms with van der Waals surface area (Å²) in [6.07, 6.45) is 2.72. The lowest BCUT2D eigenvalue weighted by Gasteiger charge is -2.18. The SMILES string of the molecule is CCCCc1cc(=O)oc2c(C)c(OCC(=O)NCC(=O)NC(C(=O)O)C(C)C)ccc12. The van der Waals surface area contributed by atoms with Crippen LogP contribution in [0.4, 0.5) is 0 Å². The minimum atomic E-state index is -1.14. The maximum absolute atomic E-state index is 12.1. The Morgan fingerprint density at radius 2 is 1.91 bits per heavy atom. The second kappa shape index (κ2) is 11.3. The minimum absolute atomic E-state index is 0.297. The summed E-state index contributed by atoms with van der Waals surface area (Å²) in [5, 5.41) is 14.7. The molecule has 1 unspecified atom stereocenters. The number of carbonyl (C=O) groups excluding carboxylic acids is 2. The van der Waals surface area contributed by atoms with E-state index in [2.05, 4.69) is 17.6 Å². The van der Waals surface area contributed by atoms with Crippen LogP contribution in [0.1, 0.15) is 44.7 Å². The molecule has 1 aromatic carbocycles. The first-order valence-corrected chi connectivity index (χ1v) is 10.6. The summed E-state index contributed by atoms with van der Waals surface area (Å²) in [6, 6.07) is 3.99. The summed E-state index contributed by atoms with van der Waals surface area (Å²) in [6.45, 7) is 6.44. The van der Waals surface area contributed by atoms with Crippen molar-refractivity contribution in [1.29, 1.82) is 0 Å². The smallest absolute Gasteiger partial charge is 0.336 e. The van der Waals surface area contributed by atoms with Crippen molar-refractivity contribution in [3.05, 3.63) is 39.7 Å². The van der Waals surface area contributed by atoms with Gasteiger partial charge in [0.05, 0.1) is 6.54 Å². The average Bonchev–Trinajstić information content (AvgIpc) is 2.73. The van der Waals surface area contributed by atoms with Gasteiger partial charge in [0, 0.05) is 17.0 Å². The van der Waals surface area contributed by atoms with Crippen LogP contribution in [0.25, 0.3) is 11.0 Å². The molecule has 3 N–H and O–H groups in total. The molecule has 1 aromatic heterocycles. The second-order valence-electron chi connectivity index (χ2n) is 7.95. The second-order valence-corrected chi connectivity index (χ2v) is 7.95. The molecule has 2 rings (SSSR count). The van der Waals surface area contributed by atoms with Crippen molar-refractivity contribution >= 4 is 28.8 Å². The van der Waals surface area contributed by atoms with E-state index in [0.29, 0.717) is 16.9 Å². The molecule has 2 amide bonds. The molecule has 1 heterocycles. The molecule has 0 radical (unpaired) electrons. The number of fused-ring (bicyclic) bond motifs is 1. The van der Waals surface area contributed by atoms with E-state index in [1.807, 2.05) is 0 Å². The first-order valence-electron chi connectivity index (χ1n) is 10.6. The van der Waals surface area contributed by atoms with Crippen molar-refractivity contribution in [2.45, 2.75) is 53.0 Å².